The number of anilines is 2. The number of hydrogen-bond acceptors (Lipinski definition) is 4. The van der Waals surface area contributed by atoms with E-state index < -0.39 is 16.1 Å². The highest BCUT2D eigenvalue weighted by molar-refractivity contribution is 7.87. The molecule has 2 N–H and O–H groups in total. The van der Waals surface area contributed by atoms with Gasteiger partial charge in [-0.2, -0.15) is 8.42 Å². The summed E-state index contributed by atoms with van der Waals surface area (Å²) >= 11 is 0. The number of carbonyl (C=O) groups is 1. The van der Waals surface area contributed by atoms with Gasteiger partial charge in [-0.3, -0.25) is 0 Å². The van der Waals surface area contributed by atoms with Gasteiger partial charge in [-0.1, -0.05) is 48.5 Å². The van der Waals surface area contributed by atoms with Crippen LogP contribution >= 0.6 is 0 Å². The predicted molar refractivity (Wildman–Crippen MR) is 105 cm³/mol. The third kappa shape index (κ3) is 4.65. The van der Waals surface area contributed by atoms with Crippen molar-refractivity contribution in [3.63, 3.8) is 0 Å². The van der Waals surface area contributed by atoms with Crippen LogP contribution in [0, 0.1) is 6.92 Å². The maximum absolute atomic E-state index is 12.6. The van der Waals surface area contributed by atoms with Crippen LogP contribution in [0.25, 0.3) is 0 Å². The summed E-state index contributed by atoms with van der Waals surface area (Å²) in [5, 5.41) is 5.27. The molecule has 3 rings (SSSR count). The number of hydrogen-bond donors (Lipinski definition) is 2. The van der Waals surface area contributed by atoms with Gasteiger partial charge >= 0.3 is 16.1 Å². The summed E-state index contributed by atoms with van der Waals surface area (Å²) in [6.45, 7) is 1.69. The van der Waals surface area contributed by atoms with E-state index in [2.05, 4.69) is 10.6 Å². The fraction of sp³-hybridized carbons (Fsp3) is 0.0500. The Morgan fingerprint density at radius 1 is 0.815 bits per heavy atom. The first kappa shape index (κ1) is 18.5. The monoisotopic (exact) mass is 382 g/mol. The zero-order chi connectivity index (χ0) is 19.3. The normalized spacial score (nSPS) is 10.9. The third-order valence-corrected chi connectivity index (χ3v) is 5.13. The summed E-state index contributed by atoms with van der Waals surface area (Å²) in [5.74, 6) is 0.0314. The molecular formula is C20H18N2O4S. The number of benzene rings is 3. The fourth-order valence-electron chi connectivity index (χ4n) is 2.45. The van der Waals surface area contributed by atoms with Gasteiger partial charge < -0.3 is 14.8 Å². The number of aryl methyl sites for hydroxylation is 1. The number of carbonyl (C=O) groups excluding carboxylic acids is 1. The molecule has 0 unspecified atom stereocenters. The second-order valence-corrected chi connectivity index (χ2v) is 7.26. The Bertz CT molecular complexity index is 1050. The summed E-state index contributed by atoms with van der Waals surface area (Å²) in [6, 6.07) is 21.3. The summed E-state index contributed by atoms with van der Waals surface area (Å²) in [6.07, 6.45) is 0. The van der Waals surface area contributed by atoms with E-state index in [-0.39, 0.29) is 16.3 Å². The maximum Gasteiger partial charge on any atom is 0.339 e. The number of para-hydroxylation sites is 3. The van der Waals surface area contributed by atoms with Gasteiger partial charge in [0.25, 0.3) is 0 Å². The van der Waals surface area contributed by atoms with Crippen molar-refractivity contribution in [3.8, 4) is 5.75 Å². The Kier molecular flexibility index (Phi) is 5.42. The van der Waals surface area contributed by atoms with Crippen LogP contribution in [0.1, 0.15) is 5.56 Å². The van der Waals surface area contributed by atoms with Gasteiger partial charge in [0, 0.05) is 5.69 Å². The lowest BCUT2D eigenvalue weighted by Gasteiger charge is -2.14. The minimum atomic E-state index is -4.03. The van der Waals surface area contributed by atoms with Gasteiger partial charge in [0.2, 0.25) is 0 Å². The molecule has 0 saturated heterocycles. The van der Waals surface area contributed by atoms with E-state index >= 15 is 0 Å². The van der Waals surface area contributed by atoms with Crippen LogP contribution in [0.15, 0.2) is 83.8 Å². The van der Waals surface area contributed by atoms with Gasteiger partial charge in [-0.15, -0.1) is 0 Å². The molecule has 3 aromatic carbocycles. The molecule has 0 aliphatic rings. The lowest BCUT2D eigenvalue weighted by atomic mass is 10.2. The Morgan fingerprint density at radius 3 is 2.19 bits per heavy atom. The van der Waals surface area contributed by atoms with Crippen LogP contribution in [-0.2, 0) is 10.1 Å². The molecule has 0 aromatic heterocycles. The van der Waals surface area contributed by atoms with Gasteiger partial charge in [-0.05, 0) is 42.8 Å². The van der Waals surface area contributed by atoms with Gasteiger partial charge in [0.05, 0.1) is 5.69 Å². The zero-order valence-corrected chi connectivity index (χ0v) is 15.4. The van der Waals surface area contributed by atoms with Crippen molar-refractivity contribution in [3.05, 3.63) is 84.4 Å². The van der Waals surface area contributed by atoms with Gasteiger partial charge in [0.15, 0.2) is 5.75 Å². The molecule has 0 heterocycles. The molecule has 0 radical (unpaired) electrons. The second-order valence-electron chi connectivity index (χ2n) is 5.74. The molecule has 0 aliphatic heterocycles. The van der Waals surface area contributed by atoms with Crippen LogP contribution in [0.5, 0.6) is 5.75 Å². The van der Waals surface area contributed by atoms with Crippen LogP contribution in [0.2, 0.25) is 0 Å². The standard InChI is InChI=1S/C20H18N2O4S/c1-15-9-5-8-14-19(15)27(24,25)26-18-13-7-6-12-17(18)22-20(23)21-16-10-3-2-4-11-16/h2-14H,1H3,(H2,21,22,23). The minimum Gasteiger partial charge on any atom is -0.377 e. The largest absolute Gasteiger partial charge is 0.377 e. The quantitative estimate of drug-likeness (QED) is 0.640. The number of amides is 2. The Hall–Kier alpha value is -3.32. The van der Waals surface area contributed by atoms with E-state index in [9.17, 15) is 13.2 Å². The highest BCUT2D eigenvalue weighted by atomic mass is 32.2. The van der Waals surface area contributed by atoms with E-state index in [1.807, 2.05) is 6.07 Å². The molecule has 0 saturated carbocycles. The van der Waals surface area contributed by atoms with Crippen LogP contribution in [0.3, 0.4) is 0 Å². The average Bonchev–Trinajstić information content (AvgIpc) is 2.64. The molecule has 0 aliphatic carbocycles. The Labute approximate surface area is 157 Å². The minimum absolute atomic E-state index is 0.0314. The molecule has 3 aromatic rings. The summed E-state index contributed by atoms with van der Waals surface area (Å²) in [4.78, 5) is 12.3. The maximum atomic E-state index is 12.6. The Balaban J connectivity index is 1.80. The number of rotatable bonds is 5. The highest BCUT2D eigenvalue weighted by Crippen LogP contribution is 2.28. The Morgan fingerprint density at radius 2 is 1.44 bits per heavy atom. The topological polar surface area (TPSA) is 84.5 Å². The smallest absolute Gasteiger partial charge is 0.339 e. The van der Waals surface area contributed by atoms with E-state index in [1.54, 1.807) is 67.6 Å². The summed E-state index contributed by atoms with van der Waals surface area (Å²) < 4.78 is 30.5. The van der Waals surface area contributed by atoms with Crippen molar-refractivity contribution in [2.45, 2.75) is 11.8 Å². The lowest BCUT2D eigenvalue weighted by Crippen LogP contribution is -2.20. The van der Waals surface area contributed by atoms with E-state index in [0.717, 1.165) is 0 Å². The van der Waals surface area contributed by atoms with Crippen LogP contribution in [-0.4, -0.2) is 14.4 Å². The molecular weight excluding hydrogens is 364 g/mol. The first-order valence-corrected chi connectivity index (χ1v) is 9.59. The summed E-state index contributed by atoms with van der Waals surface area (Å²) in [7, 11) is -4.03. The highest BCUT2D eigenvalue weighted by Gasteiger charge is 2.20. The first-order chi connectivity index (χ1) is 13.0. The van der Waals surface area contributed by atoms with Crippen molar-refractivity contribution < 1.29 is 17.4 Å². The van der Waals surface area contributed by atoms with Crippen molar-refractivity contribution in [2.75, 3.05) is 10.6 Å². The second kappa shape index (κ2) is 7.92. The number of urea groups is 1. The molecule has 0 atom stereocenters. The van der Waals surface area contributed by atoms with Crippen LogP contribution in [0.4, 0.5) is 16.2 Å². The first-order valence-electron chi connectivity index (χ1n) is 8.18. The zero-order valence-electron chi connectivity index (χ0n) is 14.5. The SMILES string of the molecule is Cc1ccccc1S(=O)(=O)Oc1ccccc1NC(=O)Nc1ccccc1. The van der Waals surface area contributed by atoms with Crippen molar-refractivity contribution in [1.29, 1.82) is 0 Å². The fourth-order valence-corrected chi connectivity index (χ4v) is 3.63. The van der Waals surface area contributed by atoms with Gasteiger partial charge in [-0.25, -0.2) is 4.79 Å². The number of nitrogens with one attached hydrogen (secondary N) is 2. The molecule has 6 nitrogen and oxygen atoms in total. The van der Waals surface area contributed by atoms with Crippen molar-refractivity contribution in [1.82, 2.24) is 0 Å². The van der Waals surface area contributed by atoms with Crippen molar-refractivity contribution >= 4 is 27.5 Å². The molecule has 27 heavy (non-hydrogen) atoms. The molecule has 138 valence electrons. The molecule has 2 amide bonds. The summed E-state index contributed by atoms with van der Waals surface area (Å²) in [5.41, 5.74) is 1.42. The van der Waals surface area contributed by atoms with E-state index in [1.165, 1.54) is 12.1 Å². The van der Waals surface area contributed by atoms with Gasteiger partial charge in [0.1, 0.15) is 4.90 Å². The molecule has 0 bridgehead atoms. The van der Waals surface area contributed by atoms with Crippen LogP contribution < -0.4 is 14.8 Å². The lowest BCUT2D eigenvalue weighted by molar-refractivity contribution is 0.262. The third-order valence-electron chi connectivity index (χ3n) is 3.73. The molecule has 0 spiro atoms. The average molecular weight is 382 g/mol. The van der Waals surface area contributed by atoms with E-state index in [4.69, 9.17) is 4.18 Å². The molecule has 7 heteroatoms. The van der Waals surface area contributed by atoms with Crippen molar-refractivity contribution in [2.24, 2.45) is 0 Å². The van der Waals surface area contributed by atoms with E-state index in [0.29, 0.717) is 11.3 Å². The predicted octanol–water partition coefficient (Wildman–Crippen LogP) is 4.41. The molecule has 0 fully saturated rings.